The summed E-state index contributed by atoms with van der Waals surface area (Å²) in [7, 11) is 0. The van der Waals surface area contributed by atoms with Crippen LogP contribution in [0.3, 0.4) is 0 Å². The monoisotopic (exact) mass is 233 g/mol. The summed E-state index contributed by atoms with van der Waals surface area (Å²) in [6.07, 6.45) is 0. The number of anilines is 1. The first-order valence-corrected chi connectivity index (χ1v) is 6.20. The molecule has 0 radical (unpaired) electrons. The lowest BCUT2D eigenvalue weighted by Gasteiger charge is -2.12. The topological polar surface area (TPSA) is 51.8 Å². The molecule has 0 aliphatic rings. The molecule has 0 spiro atoms. The molecule has 0 unspecified atom stereocenters. The number of thiophene rings is 1. The Labute approximate surface area is 99.4 Å². The van der Waals surface area contributed by atoms with E-state index in [0.717, 1.165) is 22.6 Å². The number of hydrogen-bond donors (Lipinski definition) is 1. The van der Waals surface area contributed by atoms with E-state index in [2.05, 4.69) is 23.8 Å². The van der Waals surface area contributed by atoms with Gasteiger partial charge in [-0.1, -0.05) is 13.8 Å². The van der Waals surface area contributed by atoms with Gasteiger partial charge in [-0.2, -0.15) is 11.3 Å². The van der Waals surface area contributed by atoms with E-state index in [9.17, 15) is 0 Å². The number of hydrogen-bond acceptors (Lipinski definition) is 4. The van der Waals surface area contributed by atoms with E-state index < -0.39 is 0 Å². The average molecular weight is 233 g/mol. The van der Waals surface area contributed by atoms with Crippen LogP contribution in [-0.2, 0) is 0 Å². The van der Waals surface area contributed by atoms with Crippen LogP contribution in [0.1, 0.15) is 31.0 Å². The molecule has 2 aromatic rings. The summed E-state index contributed by atoms with van der Waals surface area (Å²) in [5, 5.41) is 4.05. The molecule has 2 aromatic heterocycles. The molecule has 0 saturated heterocycles. The Morgan fingerprint density at radius 3 is 2.56 bits per heavy atom. The van der Waals surface area contributed by atoms with Gasteiger partial charge >= 0.3 is 0 Å². The lowest BCUT2D eigenvalue weighted by Crippen LogP contribution is -2.06. The van der Waals surface area contributed by atoms with E-state index >= 15 is 0 Å². The van der Waals surface area contributed by atoms with Crippen molar-refractivity contribution in [3.8, 4) is 11.4 Å². The highest BCUT2D eigenvalue weighted by molar-refractivity contribution is 7.08. The van der Waals surface area contributed by atoms with Crippen molar-refractivity contribution < 1.29 is 0 Å². The quantitative estimate of drug-likeness (QED) is 0.866. The van der Waals surface area contributed by atoms with Crippen molar-refractivity contribution in [2.75, 3.05) is 5.73 Å². The molecule has 0 fully saturated rings. The zero-order chi connectivity index (χ0) is 11.7. The van der Waals surface area contributed by atoms with E-state index in [1.165, 1.54) is 0 Å². The minimum atomic E-state index is 0.358. The fourth-order valence-corrected chi connectivity index (χ4v) is 2.47. The highest BCUT2D eigenvalue weighted by atomic mass is 32.1. The summed E-state index contributed by atoms with van der Waals surface area (Å²) < 4.78 is 0. The van der Waals surface area contributed by atoms with Crippen LogP contribution < -0.4 is 5.73 Å². The van der Waals surface area contributed by atoms with E-state index in [1.807, 2.05) is 23.8 Å². The van der Waals surface area contributed by atoms with Gasteiger partial charge < -0.3 is 5.73 Å². The van der Waals surface area contributed by atoms with Crippen LogP contribution in [0.25, 0.3) is 11.4 Å². The lowest BCUT2D eigenvalue weighted by molar-refractivity contribution is 0.836. The van der Waals surface area contributed by atoms with Crippen LogP contribution in [0, 0.1) is 6.92 Å². The smallest absolute Gasteiger partial charge is 0.162 e. The number of rotatable bonds is 2. The first-order chi connectivity index (χ1) is 7.59. The van der Waals surface area contributed by atoms with Gasteiger partial charge in [-0.15, -0.1) is 0 Å². The maximum atomic E-state index is 5.98. The highest BCUT2D eigenvalue weighted by Gasteiger charge is 2.13. The third-order valence-electron chi connectivity index (χ3n) is 2.52. The van der Waals surface area contributed by atoms with Gasteiger partial charge in [0.05, 0.1) is 0 Å². The van der Waals surface area contributed by atoms with Crippen molar-refractivity contribution in [1.82, 2.24) is 9.97 Å². The zero-order valence-corrected chi connectivity index (χ0v) is 10.5. The Bertz CT molecular complexity index is 466. The molecule has 0 aliphatic carbocycles. The molecule has 0 amide bonds. The molecule has 0 aliphatic heterocycles. The lowest BCUT2D eigenvalue weighted by atomic mass is 10.0. The summed E-state index contributed by atoms with van der Waals surface area (Å²) in [6.45, 7) is 6.20. The van der Waals surface area contributed by atoms with E-state index in [4.69, 9.17) is 5.73 Å². The van der Waals surface area contributed by atoms with Crippen LogP contribution in [0.5, 0.6) is 0 Å². The maximum absolute atomic E-state index is 5.98. The standard InChI is InChI=1S/C12H15N3S/c1-7(2)10-8(3)14-12(15-11(10)13)9-4-5-16-6-9/h4-7H,1-3H3,(H2,13,14,15). The van der Waals surface area contributed by atoms with Crippen molar-refractivity contribution in [1.29, 1.82) is 0 Å². The molecule has 0 atom stereocenters. The number of nitrogen functional groups attached to an aromatic ring is 1. The van der Waals surface area contributed by atoms with Crippen molar-refractivity contribution in [2.24, 2.45) is 0 Å². The molecular weight excluding hydrogens is 218 g/mol. The normalized spacial score (nSPS) is 11.0. The fraction of sp³-hybridized carbons (Fsp3) is 0.333. The maximum Gasteiger partial charge on any atom is 0.162 e. The van der Waals surface area contributed by atoms with Crippen molar-refractivity contribution in [3.63, 3.8) is 0 Å². The van der Waals surface area contributed by atoms with E-state index in [-0.39, 0.29) is 0 Å². The average Bonchev–Trinajstić information content (AvgIpc) is 2.67. The van der Waals surface area contributed by atoms with Crippen LogP contribution in [0.4, 0.5) is 5.82 Å². The van der Waals surface area contributed by atoms with Gasteiger partial charge in [0.1, 0.15) is 5.82 Å². The second-order valence-corrected chi connectivity index (χ2v) is 4.88. The van der Waals surface area contributed by atoms with Gasteiger partial charge in [-0.25, -0.2) is 9.97 Å². The second-order valence-electron chi connectivity index (χ2n) is 4.10. The number of nitrogens with two attached hydrogens (primary N) is 1. The summed E-state index contributed by atoms with van der Waals surface area (Å²) in [5.41, 5.74) is 9.05. The minimum absolute atomic E-state index is 0.358. The van der Waals surface area contributed by atoms with Gasteiger partial charge in [-0.3, -0.25) is 0 Å². The molecule has 84 valence electrons. The van der Waals surface area contributed by atoms with E-state index in [1.54, 1.807) is 11.3 Å². The van der Waals surface area contributed by atoms with Gasteiger partial charge in [0.15, 0.2) is 5.82 Å². The Morgan fingerprint density at radius 1 is 1.31 bits per heavy atom. The fourth-order valence-electron chi connectivity index (χ4n) is 1.84. The summed E-state index contributed by atoms with van der Waals surface area (Å²) in [5.74, 6) is 1.68. The first kappa shape index (κ1) is 11.1. The molecule has 0 saturated carbocycles. The Balaban J connectivity index is 2.53. The molecule has 0 bridgehead atoms. The minimum Gasteiger partial charge on any atom is -0.383 e. The summed E-state index contributed by atoms with van der Waals surface area (Å²) >= 11 is 1.64. The Kier molecular flexibility index (Phi) is 2.92. The predicted octanol–water partition coefficient (Wildman–Crippen LogP) is 3.22. The summed E-state index contributed by atoms with van der Waals surface area (Å²) in [6, 6.07) is 2.01. The Morgan fingerprint density at radius 2 is 2.06 bits per heavy atom. The van der Waals surface area contributed by atoms with Crippen LogP contribution >= 0.6 is 11.3 Å². The second kappa shape index (κ2) is 4.22. The van der Waals surface area contributed by atoms with E-state index in [0.29, 0.717) is 11.7 Å². The molecule has 3 nitrogen and oxygen atoms in total. The largest absolute Gasteiger partial charge is 0.383 e. The molecule has 2 rings (SSSR count). The molecule has 2 heterocycles. The predicted molar refractivity (Wildman–Crippen MR) is 68.6 cm³/mol. The first-order valence-electron chi connectivity index (χ1n) is 5.26. The van der Waals surface area contributed by atoms with Crippen molar-refractivity contribution >= 4 is 17.2 Å². The molecule has 4 heteroatoms. The summed E-state index contributed by atoms with van der Waals surface area (Å²) in [4.78, 5) is 8.88. The van der Waals surface area contributed by atoms with Crippen LogP contribution in [0.15, 0.2) is 16.8 Å². The van der Waals surface area contributed by atoms with Gasteiger partial charge in [0.2, 0.25) is 0 Å². The highest BCUT2D eigenvalue weighted by Crippen LogP contribution is 2.26. The van der Waals surface area contributed by atoms with Gasteiger partial charge in [0, 0.05) is 22.2 Å². The molecule has 2 N–H and O–H groups in total. The van der Waals surface area contributed by atoms with Crippen LogP contribution in [-0.4, -0.2) is 9.97 Å². The van der Waals surface area contributed by atoms with Gasteiger partial charge in [0.25, 0.3) is 0 Å². The number of aryl methyl sites for hydroxylation is 1. The molecule has 16 heavy (non-hydrogen) atoms. The molecule has 0 aromatic carbocycles. The molecular formula is C12H15N3S. The third kappa shape index (κ3) is 1.93. The zero-order valence-electron chi connectivity index (χ0n) is 9.69. The number of nitrogens with zero attached hydrogens (tertiary/aromatic N) is 2. The number of aromatic nitrogens is 2. The van der Waals surface area contributed by atoms with Crippen molar-refractivity contribution in [3.05, 3.63) is 28.1 Å². The third-order valence-corrected chi connectivity index (χ3v) is 3.21. The SMILES string of the molecule is Cc1nc(-c2ccsc2)nc(N)c1C(C)C. The van der Waals surface area contributed by atoms with Crippen LogP contribution in [0.2, 0.25) is 0 Å². The van der Waals surface area contributed by atoms with Crippen molar-refractivity contribution in [2.45, 2.75) is 26.7 Å². The Hall–Kier alpha value is -1.42. The van der Waals surface area contributed by atoms with Gasteiger partial charge in [-0.05, 0) is 24.3 Å².